The molecule has 3 aromatic carbocycles. The normalized spacial score (nSPS) is 12.6. The molecule has 0 radical (unpaired) electrons. The van der Waals surface area contributed by atoms with Gasteiger partial charge in [0, 0.05) is 25.6 Å². The molecule has 0 saturated carbocycles. The maximum absolute atomic E-state index is 14.0. The van der Waals surface area contributed by atoms with Gasteiger partial charge in [-0.3, -0.25) is 9.59 Å². The van der Waals surface area contributed by atoms with Gasteiger partial charge in [0.25, 0.3) is 0 Å². The van der Waals surface area contributed by atoms with Gasteiger partial charge in [0.2, 0.25) is 21.8 Å². The summed E-state index contributed by atoms with van der Waals surface area (Å²) in [5.41, 5.74) is 2.01. The first-order chi connectivity index (χ1) is 18.8. The lowest BCUT2D eigenvalue weighted by molar-refractivity contribution is -0.141. The summed E-state index contributed by atoms with van der Waals surface area (Å²) < 4.78 is 33.0. The number of likely N-dealkylation sites (N-methyl/N-ethyl adjacent to an activating group) is 1. The molecule has 0 aliphatic rings. The summed E-state index contributed by atoms with van der Waals surface area (Å²) in [7, 11) is -1.01. The molecular weight excluding hydrogens is 526 g/mol. The summed E-state index contributed by atoms with van der Waals surface area (Å²) in [4.78, 5) is 29.2. The number of methoxy groups -OCH3 is 1. The Morgan fingerprint density at radius 3 is 2.15 bits per heavy atom. The summed E-state index contributed by atoms with van der Waals surface area (Å²) >= 11 is 0. The number of carbonyl (C=O) groups excluding carboxylic acids is 2. The van der Waals surface area contributed by atoms with Crippen LogP contribution in [0.5, 0.6) is 5.75 Å². The van der Waals surface area contributed by atoms with Crippen molar-refractivity contribution in [1.82, 2.24) is 14.5 Å². The van der Waals surface area contributed by atoms with Gasteiger partial charge in [0.1, 0.15) is 11.8 Å². The molecule has 0 aromatic heterocycles. The Morgan fingerprint density at radius 2 is 1.55 bits per heavy atom. The fourth-order valence-electron chi connectivity index (χ4n) is 4.23. The summed E-state index contributed by atoms with van der Waals surface area (Å²) in [6, 6.07) is 22.3. The second kappa shape index (κ2) is 13.1. The average Bonchev–Trinajstić information content (AvgIpc) is 2.90. The Labute approximate surface area is 238 Å². The van der Waals surface area contributed by atoms with Crippen LogP contribution in [0.25, 0.3) is 0 Å². The Kier molecular flexibility index (Phi) is 10.1. The van der Waals surface area contributed by atoms with E-state index in [1.165, 1.54) is 24.1 Å². The van der Waals surface area contributed by atoms with E-state index in [1.807, 2.05) is 70.2 Å². The number of sulfonamides is 1. The number of hydrogen-bond acceptors (Lipinski definition) is 5. The quantitative estimate of drug-likeness (QED) is 0.376. The van der Waals surface area contributed by atoms with E-state index in [4.69, 9.17) is 4.74 Å². The maximum Gasteiger partial charge on any atom is 0.243 e. The molecular formula is C31H39N3O5S. The van der Waals surface area contributed by atoms with Crippen molar-refractivity contribution in [3.63, 3.8) is 0 Å². The Balaban J connectivity index is 2.01. The maximum atomic E-state index is 14.0. The minimum Gasteiger partial charge on any atom is -0.497 e. The molecule has 8 nitrogen and oxygen atoms in total. The highest BCUT2D eigenvalue weighted by atomic mass is 32.2. The van der Waals surface area contributed by atoms with Crippen molar-refractivity contribution < 1.29 is 22.7 Å². The van der Waals surface area contributed by atoms with Crippen molar-refractivity contribution >= 4 is 21.8 Å². The van der Waals surface area contributed by atoms with E-state index in [1.54, 1.807) is 31.4 Å². The number of hydrogen-bond donors (Lipinski definition) is 1. The van der Waals surface area contributed by atoms with Gasteiger partial charge < -0.3 is 15.0 Å². The number of benzene rings is 3. The number of ether oxygens (including phenoxy) is 1. The molecule has 3 rings (SSSR count). The molecule has 1 atom stereocenters. The number of nitrogens with zero attached hydrogens (tertiary/aromatic N) is 2. The Hall–Kier alpha value is -3.69. The highest BCUT2D eigenvalue weighted by Gasteiger charge is 2.34. The molecule has 0 aliphatic carbocycles. The molecule has 0 heterocycles. The summed E-state index contributed by atoms with van der Waals surface area (Å²) in [5, 5.41) is 3.01. The van der Waals surface area contributed by atoms with E-state index in [0.29, 0.717) is 5.75 Å². The SMILES string of the molecule is COc1cccc(CN(C(=O)CN(C)S(=O)(=O)c2ccc(C)cc2)[C@H](Cc2ccccc2)C(=O)NC(C)(C)C)c1. The minimum atomic E-state index is -3.94. The zero-order valence-electron chi connectivity index (χ0n) is 24.0. The molecule has 1 N–H and O–H groups in total. The van der Waals surface area contributed by atoms with Crippen molar-refractivity contribution in [2.75, 3.05) is 20.7 Å². The smallest absolute Gasteiger partial charge is 0.243 e. The van der Waals surface area contributed by atoms with E-state index in [0.717, 1.165) is 21.0 Å². The zero-order chi connectivity index (χ0) is 29.5. The van der Waals surface area contributed by atoms with E-state index < -0.39 is 34.1 Å². The third kappa shape index (κ3) is 8.40. The highest BCUT2D eigenvalue weighted by Crippen LogP contribution is 2.21. The molecule has 0 aliphatic heterocycles. The highest BCUT2D eigenvalue weighted by molar-refractivity contribution is 7.89. The van der Waals surface area contributed by atoms with Crippen LogP contribution in [-0.4, -0.2) is 61.7 Å². The Morgan fingerprint density at radius 1 is 0.925 bits per heavy atom. The number of aryl methyl sites for hydroxylation is 1. The monoisotopic (exact) mass is 565 g/mol. The molecule has 0 spiro atoms. The molecule has 3 aromatic rings. The van der Waals surface area contributed by atoms with Gasteiger partial charge in [-0.15, -0.1) is 0 Å². The third-order valence-corrected chi connectivity index (χ3v) is 8.16. The average molecular weight is 566 g/mol. The standard InChI is InChI=1S/C31H39N3O5S/c1-23-15-17-27(18-16-23)40(37,38)33(5)22-29(35)34(21-25-13-10-14-26(19-25)39-6)28(30(36)32-31(2,3)4)20-24-11-8-7-9-12-24/h7-19,28H,20-22H2,1-6H3,(H,32,36)/t28-/m1/s1. The van der Waals surface area contributed by atoms with Crippen molar-refractivity contribution in [3.05, 3.63) is 95.6 Å². The zero-order valence-corrected chi connectivity index (χ0v) is 24.9. The van der Waals surface area contributed by atoms with Crippen LogP contribution in [0.2, 0.25) is 0 Å². The number of rotatable bonds is 11. The van der Waals surface area contributed by atoms with Crippen LogP contribution < -0.4 is 10.1 Å². The first-order valence-electron chi connectivity index (χ1n) is 13.1. The van der Waals surface area contributed by atoms with Crippen LogP contribution in [0.3, 0.4) is 0 Å². The number of amides is 2. The van der Waals surface area contributed by atoms with E-state index in [9.17, 15) is 18.0 Å². The van der Waals surface area contributed by atoms with E-state index in [-0.39, 0.29) is 23.8 Å². The molecule has 0 fully saturated rings. The van der Waals surface area contributed by atoms with Gasteiger partial charge in [-0.05, 0) is 63.1 Å². The largest absolute Gasteiger partial charge is 0.497 e. The van der Waals surface area contributed by atoms with Gasteiger partial charge in [0.15, 0.2) is 0 Å². The number of carbonyl (C=O) groups is 2. The van der Waals surface area contributed by atoms with Gasteiger partial charge in [-0.25, -0.2) is 8.42 Å². The van der Waals surface area contributed by atoms with Gasteiger partial charge in [-0.1, -0.05) is 60.2 Å². The number of nitrogens with one attached hydrogen (secondary N) is 1. The summed E-state index contributed by atoms with van der Waals surface area (Å²) in [6.45, 7) is 7.15. The predicted molar refractivity (Wildman–Crippen MR) is 156 cm³/mol. The molecule has 214 valence electrons. The van der Waals surface area contributed by atoms with Gasteiger partial charge in [-0.2, -0.15) is 4.31 Å². The van der Waals surface area contributed by atoms with Crippen LogP contribution in [0.4, 0.5) is 0 Å². The predicted octanol–water partition coefficient (Wildman–Crippen LogP) is 4.18. The van der Waals surface area contributed by atoms with E-state index >= 15 is 0 Å². The van der Waals surface area contributed by atoms with Gasteiger partial charge in [0.05, 0.1) is 18.6 Å². The lowest BCUT2D eigenvalue weighted by atomic mass is 10.0. The van der Waals surface area contributed by atoms with Gasteiger partial charge >= 0.3 is 0 Å². The molecule has 2 amide bonds. The fourth-order valence-corrected chi connectivity index (χ4v) is 5.35. The third-order valence-electron chi connectivity index (χ3n) is 6.34. The van der Waals surface area contributed by atoms with Crippen LogP contribution in [0.15, 0.2) is 83.8 Å². The molecule has 0 unspecified atom stereocenters. The van der Waals surface area contributed by atoms with Crippen LogP contribution in [0.1, 0.15) is 37.5 Å². The second-order valence-corrected chi connectivity index (χ2v) is 12.9. The fraction of sp³-hybridized carbons (Fsp3) is 0.355. The van der Waals surface area contributed by atoms with Crippen LogP contribution in [0, 0.1) is 6.92 Å². The van der Waals surface area contributed by atoms with Crippen LogP contribution >= 0.6 is 0 Å². The van der Waals surface area contributed by atoms with Crippen LogP contribution in [-0.2, 0) is 32.6 Å². The van der Waals surface area contributed by atoms with Crippen molar-refractivity contribution in [2.24, 2.45) is 0 Å². The van der Waals surface area contributed by atoms with Crippen molar-refractivity contribution in [1.29, 1.82) is 0 Å². The lowest BCUT2D eigenvalue weighted by Crippen LogP contribution is -2.56. The molecule has 40 heavy (non-hydrogen) atoms. The first kappa shape index (κ1) is 30.8. The van der Waals surface area contributed by atoms with E-state index in [2.05, 4.69) is 5.32 Å². The topological polar surface area (TPSA) is 96.0 Å². The van der Waals surface area contributed by atoms with Crippen molar-refractivity contribution in [2.45, 2.75) is 57.1 Å². The lowest BCUT2D eigenvalue weighted by Gasteiger charge is -2.34. The summed E-state index contributed by atoms with van der Waals surface area (Å²) in [5.74, 6) is -0.203. The molecule has 9 heteroatoms. The minimum absolute atomic E-state index is 0.0868. The Bertz CT molecular complexity index is 1400. The first-order valence-corrected chi connectivity index (χ1v) is 14.6. The molecule has 0 saturated heterocycles. The summed E-state index contributed by atoms with van der Waals surface area (Å²) in [6.07, 6.45) is 0.257. The molecule has 0 bridgehead atoms. The second-order valence-electron chi connectivity index (χ2n) is 10.9. The van der Waals surface area contributed by atoms with Crippen molar-refractivity contribution in [3.8, 4) is 5.75 Å².